The van der Waals surface area contributed by atoms with Crippen molar-refractivity contribution in [3.63, 3.8) is 0 Å². The summed E-state index contributed by atoms with van der Waals surface area (Å²) in [4.78, 5) is 2.45. The molecule has 1 atom stereocenters. The van der Waals surface area contributed by atoms with Gasteiger partial charge in [-0.1, -0.05) is 19.1 Å². The van der Waals surface area contributed by atoms with Crippen LogP contribution in [0.15, 0.2) is 18.2 Å². The van der Waals surface area contributed by atoms with Gasteiger partial charge in [-0.25, -0.2) is 0 Å². The Bertz CT molecular complexity index is 429. The summed E-state index contributed by atoms with van der Waals surface area (Å²) in [7, 11) is 2.23. The zero-order valence-electron chi connectivity index (χ0n) is 13.3. The van der Waals surface area contributed by atoms with E-state index in [4.69, 9.17) is 0 Å². The van der Waals surface area contributed by atoms with E-state index in [-0.39, 0.29) is 0 Å². The normalized spacial score (nSPS) is 16.2. The molecule has 1 unspecified atom stereocenters. The molecule has 2 rings (SSSR count). The van der Waals surface area contributed by atoms with Crippen LogP contribution in [-0.4, -0.2) is 31.1 Å². The van der Waals surface area contributed by atoms with Crippen LogP contribution in [0.2, 0.25) is 0 Å². The largest absolute Gasteiger partial charge is 0.371 e. The van der Waals surface area contributed by atoms with E-state index in [0.717, 1.165) is 12.6 Å². The monoisotopic (exact) mass is 292 g/mol. The lowest BCUT2D eigenvalue weighted by Gasteiger charge is -2.30. The lowest BCUT2D eigenvalue weighted by molar-refractivity contribution is 0.669. The van der Waals surface area contributed by atoms with Crippen molar-refractivity contribution in [2.75, 3.05) is 24.0 Å². The molecular formula is C17H28N2S. The van der Waals surface area contributed by atoms with Gasteiger partial charge in [-0.2, -0.15) is 11.8 Å². The third-order valence-electron chi connectivity index (χ3n) is 4.19. The van der Waals surface area contributed by atoms with E-state index in [1.165, 1.54) is 41.8 Å². The van der Waals surface area contributed by atoms with E-state index in [9.17, 15) is 0 Å². The molecule has 0 aliphatic heterocycles. The average molecular weight is 292 g/mol. The van der Waals surface area contributed by atoms with Gasteiger partial charge in [0.1, 0.15) is 0 Å². The number of anilines is 1. The van der Waals surface area contributed by atoms with Crippen LogP contribution in [0.25, 0.3) is 0 Å². The molecule has 3 heteroatoms. The van der Waals surface area contributed by atoms with E-state index < -0.39 is 0 Å². The molecule has 20 heavy (non-hydrogen) atoms. The molecule has 1 aliphatic rings. The topological polar surface area (TPSA) is 15.3 Å². The van der Waals surface area contributed by atoms with Gasteiger partial charge < -0.3 is 10.2 Å². The number of hydrogen-bond acceptors (Lipinski definition) is 3. The number of benzene rings is 1. The van der Waals surface area contributed by atoms with Crippen molar-refractivity contribution in [1.82, 2.24) is 5.32 Å². The highest BCUT2D eigenvalue weighted by Crippen LogP contribution is 2.25. The predicted octanol–water partition coefficient (Wildman–Crippen LogP) is 3.82. The first-order valence-electron chi connectivity index (χ1n) is 7.70. The molecule has 1 N–H and O–H groups in total. The number of rotatable bonds is 8. The summed E-state index contributed by atoms with van der Waals surface area (Å²) in [5.74, 6) is 1.19. The second-order valence-corrected chi connectivity index (χ2v) is 6.82. The van der Waals surface area contributed by atoms with E-state index >= 15 is 0 Å². The summed E-state index contributed by atoms with van der Waals surface area (Å²) < 4.78 is 0. The summed E-state index contributed by atoms with van der Waals surface area (Å²) in [6.45, 7) is 5.52. The highest BCUT2D eigenvalue weighted by molar-refractivity contribution is 7.98. The molecule has 1 aromatic carbocycles. The number of nitrogens with one attached hydrogen (secondary N) is 1. The zero-order chi connectivity index (χ0) is 14.5. The van der Waals surface area contributed by atoms with Gasteiger partial charge in [0, 0.05) is 37.1 Å². The van der Waals surface area contributed by atoms with Crippen molar-refractivity contribution in [3.05, 3.63) is 29.3 Å². The second-order valence-electron chi connectivity index (χ2n) is 5.90. The second kappa shape index (κ2) is 7.37. The third kappa shape index (κ3) is 4.16. The van der Waals surface area contributed by atoms with Crippen LogP contribution >= 0.6 is 11.8 Å². The molecule has 1 aromatic rings. The first kappa shape index (κ1) is 15.7. The Labute approximate surface area is 128 Å². The van der Waals surface area contributed by atoms with Crippen LogP contribution in [0, 0.1) is 6.92 Å². The zero-order valence-corrected chi connectivity index (χ0v) is 14.1. The van der Waals surface area contributed by atoms with Gasteiger partial charge in [0.05, 0.1) is 0 Å². The smallest absolute Gasteiger partial charge is 0.0396 e. The lowest BCUT2D eigenvalue weighted by atomic mass is 10.1. The van der Waals surface area contributed by atoms with E-state index in [0.29, 0.717) is 6.04 Å². The van der Waals surface area contributed by atoms with Gasteiger partial charge in [0.25, 0.3) is 0 Å². The van der Waals surface area contributed by atoms with Crippen molar-refractivity contribution in [1.29, 1.82) is 0 Å². The minimum Gasteiger partial charge on any atom is -0.371 e. The Morgan fingerprint density at radius 3 is 2.70 bits per heavy atom. The maximum absolute atomic E-state index is 3.59. The van der Waals surface area contributed by atoms with Gasteiger partial charge in [0.15, 0.2) is 0 Å². The number of nitrogens with zero attached hydrogens (tertiary/aromatic N) is 1. The molecule has 0 aromatic heterocycles. The molecule has 1 saturated carbocycles. The van der Waals surface area contributed by atoms with Gasteiger partial charge >= 0.3 is 0 Å². The van der Waals surface area contributed by atoms with Crippen molar-refractivity contribution in [3.8, 4) is 0 Å². The van der Waals surface area contributed by atoms with Crippen LogP contribution < -0.4 is 10.2 Å². The van der Waals surface area contributed by atoms with Crippen LogP contribution in [0.5, 0.6) is 0 Å². The Morgan fingerprint density at radius 1 is 1.40 bits per heavy atom. The molecule has 0 heterocycles. The maximum Gasteiger partial charge on any atom is 0.0396 e. The fourth-order valence-electron chi connectivity index (χ4n) is 2.67. The Kier molecular flexibility index (Phi) is 5.79. The molecule has 0 amide bonds. The molecule has 0 bridgehead atoms. The van der Waals surface area contributed by atoms with Crippen molar-refractivity contribution >= 4 is 17.4 Å². The molecule has 0 spiro atoms. The molecule has 1 fully saturated rings. The third-order valence-corrected chi connectivity index (χ3v) is 4.91. The number of thioether (sulfide) groups is 1. The standard InChI is InChI=1S/C17H28N2S/c1-5-16(12-20-4)19(3)17-9-6-14(10-13(17)2)11-18-15-7-8-15/h6,9-10,15-16,18H,5,7-8,11-12H2,1-4H3. The summed E-state index contributed by atoms with van der Waals surface area (Å²) in [5, 5.41) is 3.59. The summed E-state index contributed by atoms with van der Waals surface area (Å²) in [6, 6.07) is 8.32. The minimum atomic E-state index is 0.624. The molecule has 1 aliphatic carbocycles. The van der Waals surface area contributed by atoms with Gasteiger partial charge in [-0.15, -0.1) is 0 Å². The van der Waals surface area contributed by atoms with E-state index in [2.05, 4.69) is 55.6 Å². The minimum absolute atomic E-state index is 0.624. The van der Waals surface area contributed by atoms with Crippen LogP contribution in [-0.2, 0) is 6.54 Å². The van der Waals surface area contributed by atoms with E-state index in [1.807, 2.05) is 11.8 Å². The van der Waals surface area contributed by atoms with Crippen molar-refractivity contribution in [2.45, 2.75) is 51.7 Å². The van der Waals surface area contributed by atoms with Gasteiger partial charge in [-0.05, 0) is 49.6 Å². The quantitative estimate of drug-likeness (QED) is 0.784. The molecule has 0 radical (unpaired) electrons. The van der Waals surface area contributed by atoms with Crippen LogP contribution in [0.3, 0.4) is 0 Å². The number of hydrogen-bond donors (Lipinski definition) is 1. The fourth-order valence-corrected chi connectivity index (χ4v) is 3.51. The van der Waals surface area contributed by atoms with Crippen molar-refractivity contribution < 1.29 is 0 Å². The first-order valence-corrected chi connectivity index (χ1v) is 9.09. The number of aryl methyl sites for hydroxylation is 1. The molecule has 2 nitrogen and oxygen atoms in total. The fraction of sp³-hybridized carbons (Fsp3) is 0.647. The lowest BCUT2D eigenvalue weighted by Crippen LogP contribution is -2.33. The SMILES string of the molecule is CCC(CSC)N(C)c1ccc(CNC2CC2)cc1C. The van der Waals surface area contributed by atoms with Gasteiger partial charge in [0.2, 0.25) is 0 Å². The molecule has 0 saturated heterocycles. The van der Waals surface area contributed by atoms with Crippen LogP contribution in [0.1, 0.15) is 37.3 Å². The predicted molar refractivity (Wildman–Crippen MR) is 91.9 cm³/mol. The average Bonchev–Trinajstić information content (AvgIpc) is 3.26. The maximum atomic E-state index is 3.59. The highest BCUT2D eigenvalue weighted by Gasteiger charge is 2.20. The Balaban J connectivity index is 2.02. The van der Waals surface area contributed by atoms with Crippen molar-refractivity contribution in [2.24, 2.45) is 0 Å². The van der Waals surface area contributed by atoms with Gasteiger partial charge in [-0.3, -0.25) is 0 Å². The molecule has 112 valence electrons. The first-order chi connectivity index (χ1) is 9.65. The Morgan fingerprint density at radius 2 is 2.15 bits per heavy atom. The summed E-state index contributed by atoms with van der Waals surface area (Å²) >= 11 is 1.93. The summed E-state index contributed by atoms with van der Waals surface area (Å²) in [6.07, 6.45) is 6.09. The van der Waals surface area contributed by atoms with Crippen LogP contribution in [0.4, 0.5) is 5.69 Å². The molecular weight excluding hydrogens is 264 g/mol. The Hall–Kier alpha value is -0.670. The summed E-state index contributed by atoms with van der Waals surface area (Å²) in [5.41, 5.74) is 4.17. The van der Waals surface area contributed by atoms with E-state index in [1.54, 1.807) is 0 Å². The highest BCUT2D eigenvalue weighted by atomic mass is 32.2.